The van der Waals surface area contributed by atoms with Gasteiger partial charge in [-0.3, -0.25) is 0 Å². The summed E-state index contributed by atoms with van der Waals surface area (Å²) >= 11 is 0. The summed E-state index contributed by atoms with van der Waals surface area (Å²) in [5.74, 6) is 0.0414. The fourth-order valence-corrected chi connectivity index (χ4v) is 6.37. The molecule has 9 heteroatoms. The van der Waals surface area contributed by atoms with Crippen LogP contribution in [0.3, 0.4) is 0 Å². The van der Waals surface area contributed by atoms with Crippen LogP contribution in [0.5, 0.6) is 34.5 Å². The van der Waals surface area contributed by atoms with Crippen LogP contribution >= 0.6 is 0 Å². The molecule has 0 radical (unpaired) electrons. The van der Waals surface area contributed by atoms with Crippen molar-refractivity contribution in [1.82, 2.24) is 0 Å². The van der Waals surface area contributed by atoms with Gasteiger partial charge in [0.25, 0.3) is 0 Å². The second kappa shape index (κ2) is 14.5. The molecule has 1 aliphatic rings. The van der Waals surface area contributed by atoms with E-state index in [2.05, 4.69) is 0 Å². The smallest absolute Gasteiger partial charge is 0.126 e. The molecule has 0 spiro atoms. The summed E-state index contributed by atoms with van der Waals surface area (Å²) in [7, 11) is 0. The standard InChI is InChI=1S/C42H36O9/c43-37-10-4-1-7-34(37)25-13-28-19-49-21-30-15-26(35-8-2-5-11-38(35)44)17-32(41(30)47)23-51-24-33-18-27(36-9-3-6-12-39(36)45)16-31(42(33)48)22-50-20-29(14-25)40(28)46/h1-18,43-48H,19-24H2. The summed E-state index contributed by atoms with van der Waals surface area (Å²) in [6.07, 6.45) is 0. The third-order valence-electron chi connectivity index (χ3n) is 8.99. The van der Waals surface area contributed by atoms with Gasteiger partial charge in [-0.1, -0.05) is 54.6 Å². The Hall–Kier alpha value is -6.00. The van der Waals surface area contributed by atoms with E-state index in [1.54, 1.807) is 109 Å². The molecule has 0 amide bonds. The third kappa shape index (κ3) is 7.04. The minimum absolute atomic E-state index is 0.0425. The average Bonchev–Trinajstić information content (AvgIpc) is 3.12. The summed E-state index contributed by atoms with van der Waals surface area (Å²) in [6.45, 7) is -0.255. The highest BCUT2D eigenvalue weighted by Gasteiger charge is 2.19. The van der Waals surface area contributed by atoms with E-state index < -0.39 is 0 Å². The molecule has 0 fully saturated rings. The van der Waals surface area contributed by atoms with Crippen LogP contribution in [0.25, 0.3) is 33.4 Å². The second-order valence-electron chi connectivity index (χ2n) is 12.5. The Labute approximate surface area is 294 Å². The largest absolute Gasteiger partial charge is 0.507 e. The van der Waals surface area contributed by atoms with Gasteiger partial charge in [0.2, 0.25) is 0 Å². The lowest BCUT2D eigenvalue weighted by Gasteiger charge is -2.18. The molecule has 6 bridgehead atoms. The molecule has 51 heavy (non-hydrogen) atoms. The van der Waals surface area contributed by atoms with E-state index in [9.17, 15) is 30.6 Å². The number of hydrogen-bond donors (Lipinski definition) is 6. The highest BCUT2D eigenvalue weighted by atomic mass is 16.5. The van der Waals surface area contributed by atoms with Crippen LogP contribution < -0.4 is 0 Å². The van der Waals surface area contributed by atoms with Crippen LogP contribution in [-0.4, -0.2) is 30.6 Å². The first-order valence-corrected chi connectivity index (χ1v) is 16.4. The fraction of sp³-hybridized carbons (Fsp3) is 0.143. The molecule has 9 nitrogen and oxygen atoms in total. The highest BCUT2D eigenvalue weighted by Crippen LogP contribution is 2.39. The molecule has 258 valence electrons. The van der Waals surface area contributed by atoms with Crippen molar-refractivity contribution < 1.29 is 44.8 Å². The number of para-hydroxylation sites is 3. The lowest BCUT2D eigenvalue weighted by Crippen LogP contribution is -2.04. The second-order valence-corrected chi connectivity index (χ2v) is 12.5. The van der Waals surface area contributed by atoms with E-state index in [0.29, 0.717) is 66.8 Å². The van der Waals surface area contributed by atoms with E-state index in [1.807, 2.05) is 0 Å². The van der Waals surface area contributed by atoms with Gasteiger partial charge in [-0.05, 0) is 71.3 Å². The molecule has 0 atom stereocenters. The Bertz CT molecular complexity index is 1900. The first kappa shape index (κ1) is 33.5. The first-order valence-electron chi connectivity index (χ1n) is 16.4. The zero-order chi connectivity index (χ0) is 35.5. The number of fused-ring (bicyclic) bond motifs is 6. The number of rotatable bonds is 3. The van der Waals surface area contributed by atoms with Crippen molar-refractivity contribution in [2.75, 3.05) is 0 Å². The van der Waals surface area contributed by atoms with Gasteiger partial charge in [0.15, 0.2) is 0 Å². The fourth-order valence-electron chi connectivity index (χ4n) is 6.37. The van der Waals surface area contributed by atoms with Crippen molar-refractivity contribution >= 4 is 0 Å². The lowest BCUT2D eigenvalue weighted by molar-refractivity contribution is 0.0932. The van der Waals surface area contributed by atoms with E-state index in [4.69, 9.17) is 14.2 Å². The third-order valence-corrected chi connectivity index (χ3v) is 8.99. The average molecular weight is 685 g/mol. The summed E-state index contributed by atoms with van der Waals surface area (Å²) < 4.78 is 18.3. The first-order chi connectivity index (χ1) is 24.8. The van der Waals surface area contributed by atoms with E-state index in [0.717, 1.165) is 0 Å². The number of ether oxygens (including phenoxy) is 3. The van der Waals surface area contributed by atoms with Crippen LogP contribution in [0.4, 0.5) is 0 Å². The predicted octanol–water partition coefficient (Wildman–Crippen LogP) is 8.39. The number of aromatic hydroxyl groups is 6. The number of phenols is 6. The van der Waals surface area contributed by atoms with Gasteiger partial charge in [-0.25, -0.2) is 0 Å². The van der Waals surface area contributed by atoms with Gasteiger partial charge in [0.1, 0.15) is 34.5 Å². The van der Waals surface area contributed by atoms with Gasteiger partial charge in [-0.2, -0.15) is 0 Å². The Kier molecular flexibility index (Phi) is 9.50. The number of benzene rings is 6. The Balaban J connectivity index is 1.34. The molecule has 0 unspecified atom stereocenters. The monoisotopic (exact) mass is 684 g/mol. The maximum Gasteiger partial charge on any atom is 0.126 e. The predicted molar refractivity (Wildman–Crippen MR) is 191 cm³/mol. The molecule has 0 aliphatic carbocycles. The van der Waals surface area contributed by atoms with Gasteiger partial charge in [-0.15, -0.1) is 0 Å². The van der Waals surface area contributed by atoms with Gasteiger partial charge < -0.3 is 44.8 Å². The van der Waals surface area contributed by atoms with Crippen molar-refractivity contribution in [3.63, 3.8) is 0 Å². The topological polar surface area (TPSA) is 149 Å². The number of phenolic OH excluding ortho intramolecular Hbond substituents is 6. The minimum Gasteiger partial charge on any atom is -0.507 e. The molecule has 0 saturated carbocycles. The summed E-state index contributed by atoms with van der Waals surface area (Å²) in [4.78, 5) is 0. The summed E-state index contributed by atoms with van der Waals surface area (Å²) in [5.41, 5.74) is 6.15. The number of hydrogen-bond acceptors (Lipinski definition) is 9. The molecule has 6 aromatic carbocycles. The van der Waals surface area contributed by atoms with Crippen LogP contribution in [0.2, 0.25) is 0 Å². The summed E-state index contributed by atoms with van der Waals surface area (Å²) in [5, 5.41) is 66.2. The molecule has 0 saturated heterocycles. The van der Waals surface area contributed by atoms with Gasteiger partial charge in [0, 0.05) is 50.1 Å². The minimum atomic E-state index is -0.0515. The van der Waals surface area contributed by atoms with Crippen LogP contribution in [0.1, 0.15) is 33.4 Å². The zero-order valence-corrected chi connectivity index (χ0v) is 27.5. The van der Waals surface area contributed by atoms with Crippen molar-refractivity contribution in [3.8, 4) is 67.9 Å². The normalized spacial score (nSPS) is 13.6. The molecule has 0 aromatic heterocycles. The molecule has 7 rings (SSSR count). The van der Waals surface area contributed by atoms with Crippen LogP contribution in [-0.2, 0) is 53.9 Å². The van der Waals surface area contributed by atoms with E-state index in [1.165, 1.54) is 0 Å². The van der Waals surface area contributed by atoms with Crippen molar-refractivity contribution in [3.05, 3.63) is 143 Å². The molecule has 1 aliphatic heterocycles. The van der Waals surface area contributed by atoms with Crippen LogP contribution in [0, 0.1) is 0 Å². The highest BCUT2D eigenvalue weighted by molar-refractivity contribution is 5.75. The lowest BCUT2D eigenvalue weighted by atomic mass is 9.97. The Morgan fingerprint density at radius 2 is 0.529 bits per heavy atom. The van der Waals surface area contributed by atoms with E-state index in [-0.39, 0.29) is 74.1 Å². The van der Waals surface area contributed by atoms with E-state index >= 15 is 0 Å². The summed E-state index contributed by atoms with van der Waals surface area (Å²) in [6, 6.07) is 31.0. The van der Waals surface area contributed by atoms with Crippen molar-refractivity contribution in [1.29, 1.82) is 0 Å². The molecule has 6 N–H and O–H groups in total. The van der Waals surface area contributed by atoms with Gasteiger partial charge >= 0.3 is 0 Å². The molecular formula is C42H36O9. The maximum atomic E-state index is 11.4. The Morgan fingerprint density at radius 3 is 0.745 bits per heavy atom. The molecule has 6 aromatic rings. The van der Waals surface area contributed by atoms with Crippen LogP contribution in [0.15, 0.2) is 109 Å². The molecular weight excluding hydrogens is 648 g/mol. The van der Waals surface area contributed by atoms with Crippen molar-refractivity contribution in [2.45, 2.75) is 39.6 Å². The zero-order valence-electron chi connectivity index (χ0n) is 27.5. The SMILES string of the molecule is Oc1ccccc1-c1cc2c(O)c(c1)COCc1cc(-c3ccccc3O)cc(c1O)COCc1cc(-c3ccccc3O)cc(c1O)COC2. The Morgan fingerprint density at radius 1 is 0.314 bits per heavy atom. The van der Waals surface area contributed by atoms with Gasteiger partial charge in [0.05, 0.1) is 39.6 Å². The van der Waals surface area contributed by atoms with Crippen molar-refractivity contribution in [2.24, 2.45) is 0 Å². The molecule has 1 heterocycles. The quantitative estimate of drug-likeness (QED) is 0.108. The maximum absolute atomic E-state index is 11.4.